The SMILES string of the molecule is NC(=O)c1cc(N)cc(Cl)c1Nc1ccc(F)c(Br)c1. The maximum Gasteiger partial charge on any atom is 0.250 e. The Morgan fingerprint density at radius 3 is 2.60 bits per heavy atom. The highest BCUT2D eigenvalue weighted by Crippen LogP contribution is 2.32. The van der Waals surface area contributed by atoms with Gasteiger partial charge in [0.25, 0.3) is 5.91 Å². The summed E-state index contributed by atoms with van der Waals surface area (Å²) in [5.74, 6) is -1.06. The van der Waals surface area contributed by atoms with Crippen LogP contribution < -0.4 is 16.8 Å². The lowest BCUT2D eigenvalue weighted by molar-refractivity contribution is 0.100. The summed E-state index contributed by atoms with van der Waals surface area (Å²) >= 11 is 9.14. The molecule has 2 aromatic carbocycles. The van der Waals surface area contributed by atoms with E-state index in [2.05, 4.69) is 21.2 Å². The van der Waals surface area contributed by atoms with E-state index in [0.717, 1.165) is 0 Å². The fraction of sp³-hybridized carbons (Fsp3) is 0. The Bertz CT molecular complexity index is 694. The minimum absolute atomic E-state index is 0.162. The van der Waals surface area contributed by atoms with Gasteiger partial charge in [-0.05, 0) is 46.3 Å². The molecule has 0 aliphatic heterocycles. The monoisotopic (exact) mass is 357 g/mol. The normalized spacial score (nSPS) is 10.3. The molecule has 0 atom stereocenters. The van der Waals surface area contributed by atoms with E-state index in [1.165, 1.54) is 30.3 Å². The van der Waals surface area contributed by atoms with E-state index in [1.54, 1.807) is 0 Å². The van der Waals surface area contributed by atoms with Crippen LogP contribution in [0, 0.1) is 5.82 Å². The smallest absolute Gasteiger partial charge is 0.250 e. The molecule has 5 N–H and O–H groups in total. The third-order valence-corrected chi connectivity index (χ3v) is 3.47. The van der Waals surface area contributed by atoms with Gasteiger partial charge in [0, 0.05) is 11.4 Å². The van der Waals surface area contributed by atoms with Gasteiger partial charge in [-0.3, -0.25) is 4.79 Å². The number of carbonyl (C=O) groups excluding carboxylic acids is 1. The van der Waals surface area contributed by atoms with Crippen LogP contribution in [0.25, 0.3) is 0 Å². The zero-order valence-corrected chi connectivity index (χ0v) is 12.4. The van der Waals surface area contributed by atoms with Crippen LogP contribution in [0.1, 0.15) is 10.4 Å². The summed E-state index contributed by atoms with van der Waals surface area (Å²) in [6.07, 6.45) is 0. The van der Waals surface area contributed by atoms with Gasteiger partial charge in [0.05, 0.1) is 20.7 Å². The van der Waals surface area contributed by atoms with Crippen molar-refractivity contribution < 1.29 is 9.18 Å². The van der Waals surface area contributed by atoms with Crippen LogP contribution in [-0.4, -0.2) is 5.91 Å². The fourth-order valence-electron chi connectivity index (χ4n) is 1.67. The lowest BCUT2D eigenvalue weighted by Crippen LogP contribution is -2.14. The first-order valence-electron chi connectivity index (χ1n) is 5.49. The molecule has 0 radical (unpaired) electrons. The molecule has 1 amide bonds. The van der Waals surface area contributed by atoms with Crippen LogP contribution >= 0.6 is 27.5 Å². The second-order valence-electron chi connectivity index (χ2n) is 4.04. The summed E-state index contributed by atoms with van der Waals surface area (Å²) in [6.45, 7) is 0. The van der Waals surface area contributed by atoms with Crippen molar-refractivity contribution in [3.05, 3.63) is 51.2 Å². The Labute approximate surface area is 128 Å². The first-order chi connectivity index (χ1) is 9.38. The average molecular weight is 359 g/mol. The Morgan fingerprint density at radius 1 is 1.30 bits per heavy atom. The molecule has 0 saturated heterocycles. The second kappa shape index (κ2) is 5.68. The highest BCUT2D eigenvalue weighted by Gasteiger charge is 2.14. The van der Waals surface area contributed by atoms with E-state index in [9.17, 15) is 9.18 Å². The van der Waals surface area contributed by atoms with Crippen molar-refractivity contribution in [1.29, 1.82) is 0 Å². The number of nitrogens with two attached hydrogens (primary N) is 2. The van der Waals surface area contributed by atoms with Crippen molar-refractivity contribution in [2.24, 2.45) is 5.73 Å². The maximum absolute atomic E-state index is 13.2. The van der Waals surface area contributed by atoms with Crippen LogP contribution in [0.3, 0.4) is 0 Å². The second-order valence-corrected chi connectivity index (χ2v) is 5.30. The lowest BCUT2D eigenvalue weighted by Gasteiger charge is -2.13. The van der Waals surface area contributed by atoms with E-state index in [-0.39, 0.29) is 15.1 Å². The van der Waals surface area contributed by atoms with E-state index in [1.807, 2.05) is 0 Å². The number of hydrogen-bond acceptors (Lipinski definition) is 3. The summed E-state index contributed by atoms with van der Waals surface area (Å²) < 4.78 is 13.5. The van der Waals surface area contributed by atoms with Gasteiger partial charge >= 0.3 is 0 Å². The Kier molecular flexibility index (Phi) is 4.15. The molecule has 0 bridgehead atoms. The fourth-order valence-corrected chi connectivity index (χ4v) is 2.32. The van der Waals surface area contributed by atoms with Crippen LogP contribution in [-0.2, 0) is 0 Å². The number of carbonyl (C=O) groups is 1. The summed E-state index contributed by atoms with van der Waals surface area (Å²) in [7, 11) is 0. The number of rotatable bonds is 3. The number of halogens is 3. The number of hydrogen-bond donors (Lipinski definition) is 3. The van der Waals surface area contributed by atoms with Crippen LogP contribution in [0.15, 0.2) is 34.8 Å². The molecule has 0 aromatic heterocycles. The Hall–Kier alpha value is -1.79. The maximum atomic E-state index is 13.2. The zero-order chi connectivity index (χ0) is 14.9. The molecule has 7 heteroatoms. The van der Waals surface area contributed by atoms with Crippen molar-refractivity contribution in [2.45, 2.75) is 0 Å². The van der Waals surface area contributed by atoms with Gasteiger partial charge in [0.15, 0.2) is 0 Å². The number of anilines is 3. The van der Waals surface area contributed by atoms with Crippen molar-refractivity contribution in [2.75, 3.05) is 11.1 Å². The number of benzene rings is 2. The third-order valence-electron chi connectivity index (χ3n) is 2.57. The molecular formula is C13H10BrClFN3O. The minimum atomic E-state index is -0.664. The summed E-state index contributed by atoms with van der Waals surface area (Å²) in [5.41, 5.74) is 12.3. The minimum Gasteiger partial charge on any atom is -0.399 e. The number of primary amides is 1. The Morgan fingerprint density at radius 2 is 2.00 bits per heavy atom. The molecule has 20 heavy (non-hydrogen) atoms. The van der Waals surface area contributed by atoms with E-state index in [0.29, 0.717) is 17.1 Å². The van der Waals surface area contributed by atoms with Crippen LogP contribution in [0.5, 0.6) is 0 Å². The van der Waals surface area contributed by atoms with Crippen molar-refractivity contribution in [3.8, 4) is 0 Å². The molecule has 0 spiro atoms. The Balaban J connectivity index is 2.47. The van der Waals surface area contributed by atoms with Gasteiger partial charge in [-0.2, -0.15) is 0 Å². The molecule has 0 saturated carbocycles. The average Bonchev–Trinajstić information content (AvgIpc) is 2.36. The molecule has 104 valence electrons. The van der Waals surface area contributed by atoms with Crippen molar-refractivity contribution in [3.63, 3.8) is 0 Å². The molecule has 0 heterocycles. The number of amides is 1. The molecule has 4 nitrogen and oxygen atoms in total. The summed E-state index contributed by atoms with van der Waals surface area (Å²) in [5, 5.41) is 3.18. The molecule has 0 fully saturated rings. The van der Waals surface area contributed by atoms with Crippen LogP contribution in [0.4, 0.5) is 21.5 Å². The quantitative estimate of drug-likeness (QED) is 0.732. The molecule has 0 aliphatic carbocycles. The zero-order valence-electron chi connectivity index (χ0n) is 10.1. The van der Waals surface area contributed by atoms with E-state index < -0.39 is 11.7 Å². The third kappa shape index (κ3) is 3.02. The van der Waals surface area contributed by atoms with Gasteiger partial charge in [0.1, 0.15) is 5.82 Å². The van der Waals surface area contributed by atoms with Gasteiger partial charge in [-0.25, -0.2) is 4.39 Å². The molecule has 2 aromatic rings. The van der Waals surface area contributed by atoms with Gasteiger partial charge in [-0.15, -0.1) is 0 Å². The molecule has 2 rings (SSSR count). The van der Waals surface area contributed by atoms with Gasteiger partial charge in [0.2, 0.25) is 0 Å². The largest absolute Gasteiger partial charge is 0.399 e. The van der Waals surface area contributed by atoms with Crippen LogP contribution in [0.2, 0.25) is 5.02 Å². The molecule has 0 unspecified atom stereocenters. The highest BCUT2D eigenvalue weighted by molar-refractivity contribution is 9.10. The predicted molar refractivity (Wildman–Crippen MR) is 81.8 cm³/mol. The van der Waals surface area contributed by atoms with Crippen molar-refractivity contribution >= 4 is 50.5 Å². The topological polar surface area (TPSA) is 81.1 Å². The summed E-state index contributed by atoms with van der Waals surface area (Å²) in [6, 6.07) is 7.23. The first-order valence-corrected chi connectivity index (χ1v) is 6.66. The lowest BCUT2D eigenvalue weighted by atomic mass is 10.1. The first kappa shape index (κ1) is 14.6. The molecular weight excluding hydrogens is 349 g/mol. The van der Waals surface area contributed by atoms with Gasteiger partial charge < -0.3 is 16.8 Å². The standard InChI is InChI=1S/C13H10BrClFN3O/c14-9-5-7(1-2-11(9)16)19-12-8(13(18)20)3-6(17)4-10(12)15/h1-5,19H,17H2,(H2,18,20). The van der Waals surface area contributed by atoms with Crippen molar-refractivity contribution in [1.82, 2.24) is 0 Å². The number of nitrogens with one attached hydrogen (secondary N) is 1. The number of nitrogen functional groups attached to an aromatic ring is 1. The van der Waals surface area contributed by atoms with Gasteiger partial charge in [-0.1, -0.05) is 11.6 Å². The molecule has 0 aliphatic rings. The van der Waals surface area contributed by atoms with E-state index >= 15 is 0 Å². The highest BCUT2D eigenvalue weighted by atomic mass is 79.9. The van der Waals surface area contributed by atoms with E-state index in [4.69, 9.17) is 23.1 Å². The summed E-state index contributed by atoms with van der Waals surface area (Å²) in [4.78, 5) is 11.4. The predicted octanol–water partition coefficient (Wildman–Crippen LogP) is 3.67.